The number of H-pyrrole nitrogens is 1. The highest BCUT2D eigenvalue weighted by Gasteiger charge is 2.56. The molecule has 16 nitrogen and oxygen atoms in total. The van der Waals surface area contributed by atoms with E-state index in [4.69, 9.17) is 36.1 Å². The molecule has 212 valence electrons. The summed E-state index contributed by atoms with van der Waals surface area (Å²) in [5, 5.41) is 2.36. The molecule has 1 amide bonds. The summed E-state index contributed by atoms with van der Waals surface area (Å²) in [6, 6.07) is 0. The van der Waals surface area contributed by atoms with E-state index in [2.05, 4.69) is 20.3 Å². The SMILES string of the molecule is CC1(C)O[C@@H]2[C@H](O1)[C@@H](CPP(=O)(O)PP(=O)(O)OCCNC(=O)CCl)O[C@H]2n1cnc2c(=O)[nH]c(N)nc21. The number of nitrogen functional groups attached to an aromatic ring is 1. The van der Waals surface area contributed by atoms with E-state index in [0.29, 0.717) is 0 Å². The van der Waals surface area contributed by atoms with Crippen LogP contribution in [0.5, 0.6) is 0 Å². The third-order valence-electron chi connectivity index (χ3n) is 5.43. The van der Waals surface area contributed by atoms with E-state index in [1.807, 2.05) is 0 Å². The molecule has 38 heavy (non-hydrogen) atoms. The topological polar surface area (TPSA) is 230 Å². The van der Waals surface area contributed by atoms with Gasteiger partial charge in [-0.15, -0.1) is 11.6 Å². The first-order valence-corrected chi connectivity index (χ1v) is 19.6. The highest BCUT2D eigenvalue weighted by Crippen LogP contribution is 2.87. The van der Waals surface area contributed by atoms with Gasteiger partial charge in [-0.05, 0) is 22.1 Å². The summed E-state index contributed by atoms with van der Waals surface area (Å²) in [5.74, 6) is -1.86. The Morgan fingerprint density at radius 2 is 2.08 bits per heavy atom. The Morgan fingerprint density at radius 1 is 1.37 bits per heavy atom. The Labute approximate surface area is 223 Å². The van der Waals surface area contributed by atoms with Crippen molar-refractivity contribution in [1.29, 1.82) is 0 Å². The Bertz CT molecular complexity index is 1360. The molecule has 0 saturated carbocycles. The van der Waals surface area contributed by atoms with Crippen LogP contribution in [-0.4, -0.2) is 84.5 Å². The molecule has 0 aliphatic carbocycles. The first kappa shape index (κ1) is 30.0. The molecule has 0 radical (unpaired) electrons. The summed E-state index contributed by atoms with van der Waals surface area (Å²) in [5.41, 5.74) is 5.38. The van der Waals surface area contributed by atoms with Gasteiger partial charge in [0.25, 0.3) is 5.56 Å². The first-order valence-electron chi connectivity index (χ1n) is 11.1. The van der Waals surface area contributed by atoms with Crippen LogP contribution in [0.15, 0.2) is 11.1 Å². The minimum atomic E-state index is -4.40. The van der Waals surface area contributed by atoms with Gasteiger partial charge in [0, 0.05) is 12.7 Å². The fourth-order valence-electron chi connectivity index (χ4n) is 4.03. The predicted octanol–water partition coefficient (Wildman–Crippen LogP) is 1.05. The monoisotopic (exact) mass is 634 g/mol. The van der Waals surface area contributed by atoms with Crippen LogP contribution in [-0.2, 0) is 32.7 Å². The molecule has 0 aromatic carbocycles. The van der Waals surface area contributed by atoms with Crippen LogP contribution in [0.4, 0.5) is 5.95 Å². The smallest absolute Gasteiger partial charge is 0.353 e. The number of hydrogen-bond donors (Lipinski definition) is 5. The Kier molecular flexibility index (Phi) is 9.04. The second-order valence-corrected chi connectivity index (χ2v) is 22.4. The number of nitrogens with zero attached hydrogens (tertiary/aromatic N) is 3. The molecule has 2 fully saturated rings. The minimum Gasteiger partial charge on any atom is -0.369 e. The van der Waals surface area contributed by atoms with Crippen molar-refractivity contribution in [3.63, 3.8) is 0 Å². The van der Waals surface area contributed by atoms with E-state index in [1.165, 1.54) is 10.9 Å². The molecule has 4 unspecified atom stereocenters. The number of nitrogens with one attached hydrogen (secondary N) is 2. The molecule has 8 atom stereocenters. The zero-order chi connectivity index (χ0) is 27.9. The van der Waals surface area contributed by atoms with Gasteiger partial charge in [0.2, 0.25) is 18.6 Å². The zero-order valence-corrected chi connectivity index (χ0v) is 24.6. The van der Waals surface area contributed by atoms with E-state index in [0.717, 1.165) is 0 Å². The number of carbonyl (C=O) groups excluding carboxylic acids is 1. The standard InChI is InChI=1S/C17H27ClN6O10P4/c1-17(2)33-11-8(6-35-38(29,30)36-37(27,28)31-4-3-20-9(25)5-18)32-15(12(11)34-17)24-7-21-10-13(24)22-16(19)23-14(10)26/h7-8,11-12,15,35-36H,3-6H2,1-2H3,(H,20,25)(H,27,28)(H,29,30)(H3,19,22,23,26)/t8-,11-,12-,15-/m1/s1. The number of halogens is 1. The Hall–Kier alpha value is -1.01. The molecule has 2 aromatic rings. The number of aromatic amines is 1. The predicted molar refractivity (Wildman–Crippen MR) is 141 cm³/mol. The van der Waals surface area contributed by atoms with E-state index in [9.17, 15) is 28.5 Å². The summed E-state index contributed by atoms with van der Waals surface area (Å²) >= 11 is 5.34. The van der Waals surface area contributed by atoms with E-state index >= 15 is 0 Å². The van der Waals surface area contributed by atoms with Gasteiger partial charge >= 0.3 is 7.28 Å². The molecular formula is C17H27ClN6O10P4. The number of imidazole rings is 1. The fraction of sp³-hybridized carbons (Fsp3) is 0.647. The lowest BCUT2D eigenvalue weighted by Gasteiger charge is -2.25. The summed E-state index contributed by atoms with van der Waals surface area (Å²) in [6.07, 6.45) is -1.50. The molecule has 6 N–H and O–H groups in total. The Balaban J connectivity index is 1.44. The van der Waals surface area contributed by atoms with E-state index < -0.39 is 72.1 Å². The van der Waals surface area contributed by atoms with Crippen molar-refractivity contribution in [3.05, 3.63) is 16.7 Å². The maximum atomic E-state index is 12.8. The first-order chi connectivity index (χ1) is 17.7. The molecule has 2 aliphatic heterocycles. The van der Waals surface area contributed by atoms with Crippen molar-refractivity contribution in [2.45, 2.75) is 44.2 Å². The van der Waals surface area contributed by atoms with Crippen molar-refractivity contribution in [3.8, 4) is 0 Å². The van der Waals surface area contributed by atoms with Crippen LogP contribution < -0.4 is 16.6 Å². The number of aromatic nitrogens is 4. The number of nitrogens with two attached hydrogens (primary N) is 1. The van der Waals surface area contributed by atoms with Crippen LogP contribution >= 0.6 is 41.9 Å². The van der Waals surface area contributed by atoms with Crippen molar-refractivity contribution >= 4 is 64.9 Å². The largest absolute Gasteiger partial charge is 0.369 e. The minimum absolute atomic E-state index is 0.0203. The van der Waals surface area contributed by atoms with Gasteiger partial charge in [0.1, 0.15) is 18.1 Å². The third kappa shape index (κ3) is 7.00. The summed E-state index contributed by atoms with van der Waals surface area (Å²) < 4.78 is 49.7. The average molecular weight is 635 g/mol. The van der Waals surface area contributed by atoms with Crippen molar-refractivity contribution < 1.29 is 42.4 Å². The van der Waals surface area contributed by atoms with Crippen molar-refractivity contribution in [1.82, 2.24) is 24.8 Å². The highest BCUT2D eigenvalue weighted by molar-refractivity contribution is 8.68. The van der Waals surface area contributed by atoms with Gasteiger partial charge in [-0.3, -0.25) is 28.3 Å². The lowest BCUT2D eigenvalue weighted by atomic mass is 10.1. The number of ether oxygens (including phenoxy) is 3. The van der Waals surface area contributed by atoms with Crippen LogP contribution in [0.2, 0.25) is 0 Å². The fourth-order valence-corrected chi connectivity index (χ4v) is 19.0. The van der Waals surface area contributed by atoms with E-state index in [1.54, 1.807) is 13.8 Å². The van der Waals surface area contributed by atoms with Crippen LogP contribution in [0, 0.1) is 0 Å². The van der Waals surface area contributed by atoms with Gasteiger partial charge < -0.3 is 39.6 Å². The second kappa shape index (κ2) is 11.5. The quantitative estimate of drug-likeness (QED) is 0.132. The average Bonchev–Trinajstić information content (AvgIpc) is 3.45. The normalized spacial score (nSPS) is 28.2. The van der Waals surface area contributed by atoms with Crippen molar-refractivity contribution in [2.75, 3.05) is 30.9 Å². The maximum absolute atomic E-state index is 12.8. The number of fused-ring (bicyclic) bond motifs is 2. The highest BCUT2D eigenvalue weighted by atomic mass is 35.5. The third-order valence-corrected chi connectivity index (χ3v) is 20.4. The lowest BCUT2D eigenvalue weighted by Crippen LogP contribution is -2.30. The summed E-state index contributed by atoms with van der Waals surface area (Å²) in [7, 11) is -6.33. The lowest BCUT2D eigenvalue weighted by molar-refractivity contribution is -0.193. The van der Waals surface area contributed by atoms with Crippen LogP contribution in [0.25, 0.3) is 11.2 Å². The molecule has 2 aliphatic rings. The summed E-state index contributed by atoms with van der Waals surface area (Å²) in [6.45, 7) is -1.09. The molecule has 0 spiro atoms. The maximum Gasteiger partial charge on any atom is 0.353 e. The molecule has 2 saturated heterocycles. The molecule has 2 aromatic heterocycles. The van der Waals surface area contributed by atoms with E-state index in [-0.39, 0.29) is 42.3 Å². The van der Waals surface area contributed by atoms with Gasteiger partial charge in [0.15, 0.2) is 23.2 Å². The Morgan fingerprint density at radius 3 is 2.79 bits per heavy atom. The molecule has 0 bridgehead atoms. The van der Waals surface area contributed by atoms with Gasteiger partial charge in [-0.1, -0.05) is 0 Å². The number of carbonyl (C=O) groups is 1. The molecule has 4 heterocycles. The van der Waals surface area contributed by atoms with Crippen LogP contribution in [0.3, 0.4) is 0 Å². The molecule has 21 heteroatoms. The molecule has 4 rings (SSSR count). The van der Waals surface area contributed by atoms with Crippen LogP contribution in [0.1, 0.15) is 20.1 Å². The number of alkyl halides is 1. The van der Waals surface area contributed by atoms with Gasteiger partial charge in [-0.2, -0.15) is 4.98 Å². The van der Waals surface area contributed by atoms with Gasteiger partial charge in [-0.25, -0.2) is 4.98 Å². The number of rotatable bonds is 11. The number of hydrogen-bond acceptors (Lipinski definition) is 11. The zero-order valence-electron chi connectivity index (χ0n) is 20.1. The summed E-state index contributed by atoms with van der Waals surface area (Å²) in [4.78, 5) is 54.4. The number of amides is 1. The number of anilines is 1. The van der Waals surface area contributed by atoms with Crippen molar-refractivity contribution in [2.24, 2.45) is 0 Å². The second-order valence-electron chi connectivity index (χ2n) is 8.78. The molecular weight excluding hydrogens is 608 g/mol. The van der Waals surface area contributed by atoms with Gasteiger partial charge in [0.05, 0.1) is 27.0 Å².